The van der Waals surface area contributed by atoms with Gasteiger partial charge in [-0.15, -0.1) is 0 Å². The predicted octanol–water partition coefficient (Wildman–Crippen LogP) is 6.16. The van der Waals surface area contributed by atoms with E-state index in [0.29, 0.717) is 39.6 Å². The van der Waals surface area contributed by atoms with Crippen molar-refractivity contribution < 1.29 is 28.2 Å². The third kappa shape index (κ3) is 8.55. The highest BCUT2D eigenvalue weighted by Crippen LogP contribution is 2.29. The van der Waals surface area contributed by atoms with Gasteiger partial charge in [-0.1, -0.05) is 29.8 Å². The zero-order valence-corrected chi connectivity index (χ0v) is 23.1. The van der Waals surface area contributed by atoms with Crippen molar-refractivity contribution in [2.75, 3.05) is 19.0 Å². The fourth-order valence-corrected chi connectivity index (χ4v) is 3.89. The number of carbonyl (C=O) groups excluding carboxylic acids is 2. The van der Waals surface area contributed by atoms with Crippen molar-refractivity contribution >= 4 is 35.3 Å². The lowest BCUT2D eigenvalue weighted by atomic mass is 10.2. The van der Waals surface area contributed by atoms with E-state index in [9.17, 15) is 14.0 Å². The third-order valence-corrected chi connectivity index (χ3v) is 6.11. The Kier molecular flexibility index (Phi) is 9.90. The second kappa shape index (κ2) is 14.0. The van der Waals surface area contributed by atoms with E-state index in [-0.39, 0.29) is 24.1 Å². The fraction of sp³-hybridized carbons (Fsp3) is 0.129. The first kappa shape index (κ1) is 29.1. The second-order valence-corrected chi connectivity index (χ2v) is 9.27. The highest BCUT2D eigenvalue weighted by atomic mass is 35.5. The number of anilines is 1. The molecule has 0 heterocycles. The van der Waals surface area contributed by atoms with Crippen LogP contribution in [0, 0.1) is 12.7 Å². The van der Waals surface area contributed by atoms with Gasteiger partial charge in [0.05, 0.1) is 18.3 Å². The maximum atomic E-state index is 13.3. The van der Waals surface area contributed by atoms with E-state index < -0.39 is 11.7 Å². The monoisotopic (exact) mass is 575 g/mol. The lowest BCUT2D eigenvalue weighted by molar-refractivity contribution is -0.118. The summed E-state index contributed by atoms with van der Waals surface area (Å²) in [6.07, 6.45) is 1.46. The number of ether oxygens (including phenoxy) is 3. The van der Waals surface area contributed by atoms with E-state index in [4.69, 9.17) is 25.8 Å². The quantitative estimate of drug-likeness (QED) is 0.165. The van der Waals surface area contributed by atoms with Crippen molar-refractivity contribution in [3.05, 3.63) is 118 Å². The van der Waals surface area contributed by atoms with Crippen LogP contribution >= 0.6 is 11.6 Å². The Hall–Kier alpha value is -4.89. The summed E-state index contributed by atoms with van der Waals surface area (Å²) < 4.78 is 29.9. The van der Waals surface area contributed by atoms with Gasteiger partial charge >= 0.3 is 0 Å². The number of nitrogens with zero attached hydrogens (tertiary/aromatic N) is 1. The maximum Gasteiger partial charge on any atom is 0.271 e. The van der Waals surface area contributed by atoms with Crippen LogP contribution in [-0.4, -0.2) is 31.7 Å². The van der Waals surface area contributed by atoms with Crippen molar-refractivity contribution in [1.82, 2.24) is 5.43 Å². The first-order chi connectivity index (χ1) is 19.8. The van der Waals surface area contributed by atoms with E-state index >= 15 is 0 Å². The van der Waals surface area contributed by atoms with Gasteiger partial charge in [-0.05, 0) is 84.8 Å². The first-order valence-corrected chi connectivity index (χ1v) is 12.9. The van der Waals surface area contributed by atoms with Crippen molar-refractivity contribution in [3.63, 3.8) is 0 Å². The Balaban J connectivity index is 1.27. The molecule has 8 nitrogen and oxygen atoms in total. The van der Waals surface area contributed by atoms with Crippen LogP contribution in [0.3, 0.4) is 0 Å². The number of benzene rings is 4. The molecule has 2 amide bonds. The average molecular weight is 576 g/mol. The molecule has 4 aromatic carbocycles. The zero-order valence-electron chi connectivity index (χ0n) is 22.3. The molecular weight excluding hydrogens is 549 g/mol. The van der Waals surface area contributed by atoms with Crippen LogP contribution in [0.2, 0.25) is 5.02 Å². The number of rotatable bonds is 11. The Morgan fingerprint density at radius 2 is 1.76 bits per heavy atom. The number of methoxy groups -OCH3 is 1. The largest absolute Gasteiger partial charge is 0.493 e. The number of amides is 2. The first-order valence-electron chi connectivity index (χ1n) is 12.5. The van der Waals surface area contributed by atoms with Gasteiger partial charge in [0.2, 0.25) is 0 Å². The summed E-state index contributed by atoms with van der Waals surface area (Å²) >= 11 is 6.06. The van der Waals surface area contributed by atoms with Gasteiger partial charge < -0.3 is 19.5 Å². The van der Waals surface area contributed by atoms with Crippen LogP contribution in [0.25, 0.3) is 0 Å². The van der Waals surface area contributed by atoms with Crippen molar-refractivity contribution in [3.8, 4) is 17.2 Å². The van der Waals surface area contributed by atoms with Crippen molar-refractivity contribution in [1.29, 1.82) is 0 Å². The summed E-state index contributed by atoms with van der Waals surface area (Å²) in [6, 6.07) is 23.0. The molecule has 2 N–H and O–H groups in total. The third-order valence-electron chi connectivity index (χ3n) is 5.76. The topological polar surface area (TPSA) is 98.2 Å². The number of hydrogen-bond acceptors (Lipinski definition) is 6. The minimum atomic E-state index is -0.426. The molecule has 0 saturated carbocycles. The van der Waals surface area contributed by atoms with Crippen molar-refractivity contribution in [2.45, 2.75) is 13.5 Å². The van der Waals surface area contributed by atoms with Gasteiger partial charge in [-0.25, -0.2) is 9.82 Å². The minimum Gasteiger partial charge on any atom is -0.493 e. The molecule has 4 rings (SSSR count). The van der Waals surface area contributed by atoms with E-state index in [1.54, 1.807) is 54.6 Å². The highest BCUT2D eigenvalue weighted by Gasteiger charge is 2.10. The number of carbonyl (C=O) groups is 2. The molecule has 210 valence electrons. The fourth-order valence-electron chi connectivity index (χ4n) is 3.66. The van der Waals surface area contributed by atoms with Gasteiger partial charge in [0.1, 0.15) is 18.2 Å². The summed E-state index contributed by atoms with van der Waals surface area (Å²) in [5.74, 6) is 0.351. The molecule has 0 bridgehead atoms. The summed E-state index contributed by atoms with van der Waals surface area (Å²) in [6.45, 7) is 1.93. The maximum absolute atomic E-state index is 13.3. The smallest absolute Gasteiger partial charge is 0.271 e. The lowest BCUT2D eigenvalue weighted by Crippen LogP contribution is -2.20. The molecule has 0 aliphatic carbocycles. The Labute approximate surface area is 241 Å². The van der Waals surface area contributed by atoms with E-state index in [2.05, 4.69) is 15.8 Å². The molecule has 0 atom stereocenters. The van der Waals surface area contributed by atoms with E-state index in [1.165, 1.54) is 25.5 Å². The molecule has 0 spiro atoms. The zero-order chi connectivity index (χ0) is 29.2. The van der Waals surface area contributed by atoms with E-state index in [1.807, 2.05) is 25.1 Å². The van der Waals surface area contributed by atoms with Gasteiger partial charge in [0.25, 0.3) is 11.8 Å². The summed E-state index contributed by atoms with van der Waals surface area (Å²) in [5.41, 5.74) is 5.67. The van der Waals surface area contributed by atoms with Gasteiger partial charge in [-0.2, -0.15) is 5.10 Å². The normalized spacial score (nSPS) is 10.7. The molecular formula is C31H27ClFN3O5. The molecule has 10 heteroatoms. The van der Waals surface area contributed by atoms with Crippen molar-refractivity contribution in [2.24, 2.45) is 5.10 Å². The Morgan fingerprint density at radius 1 is 0.951 bits per heavy atom. The van der Waals surface area contributed by atoms with Crippen LogP contribution in [0.4, 0.5) is 10.1 Å². The summed E-state index contributed by atoms with van der Waals surface area (Å²) in [7, 11) is 1.50. The van der Waals surface area contributed by atoms with E-state index in [0.717, 1.165) is 5.56 Å². The minimum absolute atomic E-state index is 0.128. The van der Waals surface area contributed by atoms with Gasteiger partial charge in [-0.3, -0.25) is 9.59 Å². The predicted molar refractivity (Wildman–Crippen MR) is 156 cm³/mol. The van der Waals surface area contributed by atoms with Crippen LogP contribution in [0.15, 0.2) is 90.0 Å². The lowest BCUT2D eigenvalue weighted by Gasteiger charge is -2.12. The van der Waals surface area contributed by atoms with Gasteiger partial charge in [0.15, 0.2) is 18.1 Å². The Bertz CT molecular complexity index is 1560. The molecule has 0 unspecified atom stereocenters. The number of hydrazone groups is 1. The molecule has 0 fully saturated rings. The van der Waals surface area contributed by atoms with Gasteiger partial charge in [0, 0.05) is 16.8 Å². The summed E-state index contributed by atoms with van der Waals surface area (Å²) in [4.78, 5) is 24.7. The van der Waals surface area contributed by atoms with Crippen LogP contribution < -0.4 is 25.0 Å². The highest BCUT2D eigenvalue weighted by molar-refractivity contribution is 6.31. The van der Waals surface area contributed by atoms with Crippen LogP contribution in [0.1, 0.15) is 27.0 Å². The second-order valence-electron chi connectivity index (χ2n) is 8.86. The average Bonchev–Trinajstić information content (AvgIpc) is 2.96. The number of nitrogens with one attached hydrogen (secondary N) is 2. The number of hydrogen-bond donors (Lipinski definition) is 2. The standard InChI is InChI=1S/C31H27ClFN3O5/c1-20-4-3-5-26(14-20)40-19-30(37)35-25-11-8-22(9-12-25)31(38)36-34-17-21-6-13-28(29(15-21)39-2)41-18-23-7-10-24(33)16-27(23)32/h3-17H,18-19H2,1-2H3,(H,35,37)(H,36,38)/b34-17-. The number of halogens is 2. The molecule has 0 aliphatic rings. The molecule has 0 aromatic heterocycles. The molecule has 0 aliphatic heterocycles. The number of aryl methyl sites for hydroxylation is 1. The molecule has 41 heavy (non-hydrogen) atoms. The summed E-state index contributed by atoms with van der Waals surface area (Å²) in [5, 5.41) is 7.00. The Morgan fingerprint density at radius 3 is 2.49 bits per heavy atom. The molecule has 4 aromatic rings. The molecule has 0 saturated heterocycles. The van der Waals surface area contributed by atoms with Crippen LogP contribution in [0.5, 0.6) is 17.2 Å². The molecule has 0 radical (unpaired) electrons. The SMILES string of the molecule is COc1cc(/C=N\NC(=O)c2ccc(NC(=O)COc3cccc(C)c3)cc2)ccc1OCc1ccc(F)cc1Cl. The van der Waals surface area contributed by atoms with Crippen LogP contribution in [-0.2, 0) is 11.4 Å².